The number of fused-ring (bicyclic) bond motifs is 11. The fraction of sp³-hybridized carbons (Fsp3) is 0.529. The van der Waals surface area contributed by atoms with Crippen LogP contribution in [-0.4, -0.2) is 24.1 Å². The molecule has 4 heteroatoms. The number of hydrogen-bond acceptors (Lipinski definition) is 4. The normalized spacial score (nSPS) is 27.7. The van der Waals surface area contributed by atoms with Gasteiger partial charge in [-0.15, -0.1) is 0 Å². The molecule has 0 saturated carbocycles. The Kier molecular flexibility index (Phi) is 4.99. The maximum Gasteiger partial charge on any atom is 0.338 e. The molecule has 3 rings (SSSR count). The summed E-state index contributed by atoms with van der Waals surface area (Å²) in [5.74, 6) is -0.279. The van der Waals surface area contributed by atoms with Crippen LogP contribution in [-0.2, 0) is 9.47 Å². The Bertz CT molecular complexity index is 506. The van der Waals surface area contributed by atoms with Crippen molar-refractivity contribution in [1.29, 1.82) is 0 Å². The fourth-order valence-corrected chi connectivity index (χ4v) is 2.55. The first-order chi connectivity index (χ1) is 9.95. The van der Waals surface area contributed by atoms with E-state index in [2.05, 4.69) is 6.92 Å². The van der Waals surface area contributed by atoms with Crippen LogP contribution in [0.3, 0.4) is 0 Å². The summed E-state index contributed by atoms with van der Waals surface area (Å²) < 4.78 is 10.9. The average molecular weight is 290 g/mol. The molecule has 114 valence electrons. The molecule has 0 aromatic heterocycles. The standard InChI is InChI=1S/C17H22O4/c1-11-4-5-12(2)20-16(18)14-6-8-15(9-7-14)17(19)21-13(3)10-11/h6-9,11-13H,4-5,10H2,1-3H3. The molecule has 3 atom stereocenters. The van der Waals surface area contributed by atoms with Crippen molar-refractivity contribution in [3.05, 3.63) is 35.4 Å². The van der Waals surface area contributed by atoms with Crippen molar-refractivity contribution in [2.45, 2.75) is 52.2 Å². The maximum atomic E-state index is 12.0. The van der Waals surface area contributed by atoms with E-state index >= 15 is 0 Å². The highest BCUT2D eigenvalue weighted by atomic mass is 16.5. The zero-order valence-electron chi connectivity index (χ0n) is 12.8. The van der Waals surface area contributed by atoms with Crippen LogP contribution in [0.5, 0.6) is 0 Å². The summed E-state index contributed by atoms with van der Waals surface area (Å²) >= 11 is 0. The van der Waals surface area contributed by atoms with E-state index in [0.29, 0.717) is 17.0 Å². The fourth-order valence-electron chi connectivity index (χ4n) is 2.55. The van der Waals surface area contributed by atoms with Crippen LogP contribution < -0.4 is 0 Å². The van der Waals surface area contributed by atoms with Gasteiger partial charge in [0, 0.05) is 0 Å². The third-order valence-corrected chi connectivity index (χ3v) is 3.77. The minimum absolute atomic E-state index is 0.111. The molecule has 1 aromatic carbocycles. The molecular formula is C17H22O4. The van der Waals surface area contributed by atoms with Crippen LogP contribution in [0, 0.1) is 5.92 Å². The van der Waals surface area contributed by atoms with Gasteiger partial charge >= 0.3 is 11.9 Å². The minimum atomic E-state index is -0.347. The maximum absolute atomic E-state index is 12.0. The number of esters is 2. The number of carbonyl (C=O) groups excluding carboxylic acids is 2. The summed E-state index contributed by atoms with van der Waals surface area (Å²) in [7, 11) is 0. The molecular weight excluding hydrogens is 268 g/mol. The first-order valence-electron chi connectivity index (χ1n) is 7.47. The number of ether oxygens (including phenoxy) is 2. The molecule has 0 saturated heterocycles. The van der Waals surface area contributed by atoms with Crippen LogP contribution in [0.25, 0.3) is 0 Å². The molecule has 2 bridgehead atoms. The molecule has 0 spiro atoms. The minimum Gasteiger partial charge on any atom is -0.459 e. The van der Waals surface area contributed by atoms with E-state index in [1.807, 2.05) is 13.8 Å². The summed E-state index contributed by atoms with van der Waals surface area (Å²) in [6.45, 7) is 5.95. The lowest BCUT2D eigenvalue weighted by molar-refractivity contribution is 0.0239. The number of benzene rings is 1. The van der Waals surface area contributed by atoms with E-state index in [0.717, 1.165) is 19.3 Å². The summed E-state index contributed by atoms with van der Waals surface area (Å²) in [4.78, 5) is 24.0. The first kappa shape index (κ1) is 15.5. The SMILES string of the molecule is CC1CCC(C)OC(=O)c2ccc(cc2)C(=O)OC(C)C1. The van der Waals surface area contributed by atoms with Crippen LogP contribution in [0.15, 0.2) is 24.3 Å². The second-order valence-electron chi connectivity index (χ2n) is 5.93. The van der Waals surface area contributed by atoms with Gasteiger partial charge in [-0.05, 0) is 63.3 Å². The lowest BCUT2D eigenvalue weighted by Crippen LogP contribution is -2.21. The van der Waals surface area contributed by atoms with Crippen molar-refractivity contribution < 1.29 is 19.1 Å². The van der Waals surface area contributed by atoms with Crippen molar-refractivity contribution >= 4 is 11.9 Å². The lowest BCUT2D eigenvalue weighted by atomic mass is 9.97. The van der Waals surface area contributed by atoms with Gasteiger partial charge in [-0.25, -0.2) is 9.59 Å². The highest BCUT2D eigenvalue weighted by molar-refractivity contribution is 5.93. The summed E-state index contributed by atoms with van der Waals surface area (Å²) in [5.41, 5.74) is 0.910. The highest BCUT2D eigenvalue weighted by Gasteiger charge is 2.19. The van der Waals surface area contributed by atoms with E-state index in [9.17, 15) is 9.59 Å². The van der Waals surface area contributed by atoms with Crippen molar-refractivity contribution in [3.63, 3.8) is 0 Å². The van der Waals surface area contributed by atoms with Crippen LogP contribution in [0.2, 0.25) is 0 Å². The van der Waals surface area contributed by atoms with E-state index in [4.69, 9.17) is 9.47 Å². The van der Waals surface area contributed by atoms with E-state index in [1.54, 1.807) is 24.3 Å². The van der Waals surface area contributed by atoms with E-state index in [1.165, 1.54) is 0 Å². The molecule has 2 heterocycles. The Balaban J connectivity index is 2.22. The molecule has 0 N–H and O–H groups in total. The average Bonchev–Trinajstić information content (AvgIpc) is 2.44. The summed E-state index contributed by atoms with van der Waals surface area (Å²) in [6, 6.07) is 6.41. The molecule has 0 radical (unpaired) electrons. The third-order valence-electron chi connectivity index (χ3n) is 3.77. The largest absolute Gasteiger partial charge is 0.459 e. The predicted octanol–water partition coefficient (Wildman–Crippen LogP) is 3.60. The van der Waals surface area contributed by atoms with Gasteiger partial charge < -0.3 is 9.47 Å². The van der Waals surface area contributed by atoms with Crippen molar-refractivity contribution in [1.82, 2.24) is 0 Å². The second-order valence-corrected chi connectivity index (χ2v) is 5.93. The topological polar surface area (TPSA) is 52.6 Å². The van der Waals surface area contributed by atoms with Gasteiger partial charge in [0.15, 0.2) is 0 Å². The second kappa shape index (κ2) is 6.74. The van der Waals surface area contributed by atoms with E-state index < -0.39 is 0 Å². The van der Waals surface area contributed by atoms with E-state index in [-0.39, 0.29) is 24.1 Å². The number of hydrogen-bond donors (Lipinski definition) is 0. The Hall–Kier alpha value is -1.84. The molecule has 3 unspecified atom stereocenters. The highest BCUT2D eigenvalue weighted by Crippen LogP contribution is 2.19. The Morgan fingerprint density at radius 1 is 0.810 bits per heavy atom. The molecule has 21 heavy (non-hydrogen) atoms. The molecule has 0 fully saturated rings. The van der Waals surface area contributed by atoms with Crippen molar-refractivity contribution in [2.24, 2.45) is 5.92 Å². The Morgan fingerprint density at radius 2 is 1.29 bits per heavy atom. The van der Waals surface area contributed by atoms with Gasteiger partial charge in [0.1, 0.15) is 0 Å². The predicted molar refractivity (Wildman–Crippen MR) is 79.2 cm³/mol. The smallest absolute Gasteiger partial charge is 0.338 e. The molecule has 0 amide bonds. The molecule has 0 aliphatic carbocycles. The quantitative estimate of drug-likeness (QED) is 0.685. The van der Waals surface area contributed by atoms with Gasteiger partial charge in [-0.2, -0.15) is 0 Å². The third kappa shape index (κ3) is 4.31. The van der Waals surface area contributed by atoms with Gasteiger partial charge in [-0.3, -0.25) is 0 Å². The molecule has 1 aromatic rings. The number of carbonyl (C=O) groups is 2. The zero-order chi connectivity index (χ0) is 15.4. The molecule has 4 nitrogen and oxygen atoms in total. The number of rotatable bonds is 0. The van der Waals surface area contributed by atoms with Gasteiger partial charge in [0.25, 0.3) is 0 Å². The summed E-state index contributed by atoms with van der Waals surface area (Å²) in [6.07, 6.45) is 2.33. The van der Waals surface area contributed by atoms with Gasteiger partial charge in [-0.1, -0.05) is 6.92 Å². The van der Waals surface area contributed by atoms with Crippen LogP contribution in [0.4, 0.5) is 0 Å². The van der Waals surface area contributed by atoms with Gasteiger partial charge in [0.2, 0.25) is 0 Å². The Morgan fingerprint density at radius 3 is 1.81 bits per heavy atom. The van der Waals surface area contributed by atoms with Crippen molar-refractivity contribution in [3.8, 4) is 0 Å². The Labute approximate surface area is 125 Å². The monoisotopic (exact) mass is 290 g/mol. The van der Waals surface area contributed by atoms with Crippen LogP contribution in [0.1, 0.15) is 60.7 Å². The van der Waals surface area contributed by atoms with Crippen molar-refractivity contribution in [2.75, 3.05) is 0 Å². The summed E-state index contributed by atoms with van der Waals surface area (Å²) in [5, 5.41) is 0. The molecule has 2 aliphatic heterocycles. The zero-order valence-corrected chi connectivity index (χ0v) is 12.8. The molecule has 2 aliphatic rings. The lowest BCUT2D eigenvalue weighted by Gasteiger charge is -2.20. The van der Waals surface area contributed by atoms with Crippen LogP contribution >= 0.6 is 0 Å². The van der Waals surface area contributed by atoms with Gasteiger partial charge in [0.05, 0.1) is 23.3 Å². The first-order valence-corrected chi connectivity index (χ1v) is 7.47.